The molecule has 0 heterocycles. The summed E-state index contributed by atoms with van der Waals surface area (Å²) in [7, 11) is 0. The van der Waals surface area contributed by atoms with Gasteiger partial charge >= 0.3 is 5.97 Å². The van der Waals surface area contributed by atoms with Crippen LogP contribution in [0.5, 0.6) is 0 Å². The van der Waals surface area contributed by atoms with Gasteiger partial charge in [0, 0.05) is 17.8 Å². The highest BCUT2D eigenvalue weighted by Crippen LogP contribution is 2.61. The molecule has 0 amide bonds. The lowest BCUT2D eigenvalue weighted by Crippen LogP contribution is -2.70. The van der Waals surface area contributed by atoms with Crippen LogP contribution in [-0.2, 0) is 9.53 Å². The third-order valence-electron chi connectivity index (χ3n) is 7.51. The van der Waals surface area contributed by atoms with Crippen LogP contribution in [0.3, 0.4) is 0 Å². The predicted molar refractivity (Wildman–Crippen MR) is 111 cm³/mol. The number of carbonyl (C=O) groups is 1. The second-order valence-corrected chi connectivity index (χ2v) is 9.79. The van der Waals surface area contributed by atoms with Gasteiger partial charge in [-0.15, -0.1) is 0 Å². The van der Waals surface area contributed by atoms with Crippen LogP contribution in [0, 0.1) is 16.7 Å². The lowest BCUT2D eigenvalue weighted by Gasteiger charge is -2.63. The van der Waals surface area contributed by atoms with Crippen molar-refractivity contribution in [1.29, 1.82) is 0 Å². The van der Waals surface area contributed by atoms with Gasteiger partial charge in [-0.3, -0.25) is 4.79 Å². The molecule has 0 radical (unpaired) electrons. The average molecular weight is 413 g/mol. The Morgan fingerprint density at radius 3 is 2.41 bits per heavy atom. The Hall–Kier alpha value is -0.950. The Bertz CT molecular complexity index is 600. The lowest BCUT2D eigenvalue weighted by atomic mass is 9.45. The minimum absolute atomic E-state index is 0.205. The minimum atomic E-state index is -1.77. The Balaban J connectivity index is 2.31. The molecule has 4 N–H and O–H groups in total. The molecular formula is C23H40O6. The van der Waals surface area contributed by atoms with Crippen molar-refractivity contribution >= 4 is 5.97 Å². The van der Waals surface area contributed by atoms with E-state index in [0.29, 0.717) is 19.3 Å². The average Bonchev–Trinajstić information content (AvgIpc) is 2.67. The molecule has 0 spiro atoms. The fourth-order valence-corrected chi connectivity index (χ4v) is 5.72. The van der Waals surface area contributed by atoms with E-state index in [0.717, 1.165) is 32.1 Å². The van der Waals surface area contributed by atoms with Crippen molar-refractivity contribution in [2.45, 2.75) is 96.9 Å². The highest BCUT2D eigenvalue weighted by atomic mass is 16.5. The zero-order valence-electron chi connectivity index (χ0n) is 18.5. The molecule has 168 valence electrons. The Morgan fingerprint density at radius 2 is 1.83 bits per heavy atom. The van der Waals surface area contributed by atoms with E-state index in [1.165, 1.54) is 0 Å². The van der Waals surface area contributed by atoms with Gasteiger partial charge in [-0.1, -0.05) is 53.4 Å². The first kappa shape index (κ1) is 24.3. The van der Waals surface area contributed by atoms with Crippen LogP contribution < -0.4 is 0 Å². The van der Waals surface area contributed by atoms with Gasteiger partial charge in [0.15, 0.2) is 0 Å². The first-order chi connectivity index (χ1) is 13.6. The van der Waals surface area contributed by atoms with Crippen molar-refractivity contribution in [3.05, 3.63) is 11.6 Å². The van der Waals surface area contributed by atoms with Gasteiger partial charge < -0.3 is 25.2 Å². The number of carbonyl (C=O) groups excluding carboxylic acids is 1. The molecule has 0 aromatic rings. The summed E-state index contributed by atoms with van der Waals surface area (Å²) in [5, 5.41) is 42.3. The Labute approximate surface area is 175 Å². The Kier molecular flexibility index (Phi) is 7.93. The third kappa shape index (κ3) is 4.41. The van der Waals surface area contributed by atoms with Gasteiger partial charge in [-0.05, 0) is 36.3 Å². The molecule has 0 saturated heterocycles. The van der Waals surface area contributed by atoms with E-state index >= 15 is 0 Å². The topological polar surface area (TPSA) is 107 Å². The summed E-state index contributed by atoms with van der Waals surface area (Å²) < 4.78 is 5.86. The van der Waals surface area contributed by atoms with Gasteiger partial charge in [-0.25, -0.2) is 0 Å². The summed E-state index contributed by atoms with van der Waals surface area (Å²) >= 11 is 0. The second-order valence-electron chi connectivity index (χ2n) is 9.79. The molecule has 5 atom stereocenters. The molecule has 0 unspecified atom stereocenters. The summed E-state index contributed by atoms with van der Waals surface area (Å²) in [6.07, 6.45) is 6.73. The van der Waals surface area contributed by atoms with E-state index in [9.17, 15) is 25.2 Å². The van der Waals surface area contributed by atoms with Crippen molar-refractivity contribution in [2.24, 2.45) is 16.7 Å². The predicted octanol–water partition coefficient (Wildman–Crippen LogP) is 2.72. The zero-order chi connectivity index (χ0) is 21.9. The number of esters is 1. The molecule has 0 bridgehead atoms. The number of rotatable bonds is 9. The maximum atomic E-state index is 12.6. The summed E-state index contributed by atoms with van der Waals surface area (Å²) in [5.74, 6) is -0.692. The van der Waals surface area contributed by atoms with Crippen LogP contribution in [0.1, 0.15) is 79.1 Å². The fraction of sp³-hybridized carbons (Fsp3) is 0.870. The van der Waals surface area contributed by atoms with Crippen LogP contribution in [0.25, 0.3) is 0 Å². The first-order valence-corrected chi connectivity index (χ1v) is 11.1. The van der Waals surface area contributed by atoms with Crippen LogP contribution >= 0.6 is 0 Å². The van der Waals surface area contributed by atoms with Crippen molar-refractivity contribution in [2.75, 3.05) is 13.2 Å². The fourth-order valence-electron chi connectivity index (χ4n) is 5.72. The number of unbranched alkanes of at least 4 members (excludes halogenated alkanes) is 4. The number of aliphatic hydroxyl groups is 4. The monoisotopic (exact) mass is 412 g/mol. The van der Waals surface area contributed by atoms with E-state index in [4.69, 9.17) is 4.74 Å². The molecule has 2 aliphatic carbocycles. The summed E-state index contributed by atoms with van der Waals surface area (Å²) in [5.41, 5.74) is -3.05. The smallest absolute Gasteiger partial charge is 0.306 e. The van der Waals surface area contributed by atoms with Gasteiger partial charge in [0.2, 0.25) is 0 Å². The van der Waals surface area contributed by atoms with Crippen LogP contribution in [-0.4, -0.2) is 57.4 Å². The number of hydrogen-bond donors (Lipinski definition) is 4. The molecule has 6 nitrogen and oxygen atoms in total. The van der Waals surface area contributed by atoms with Crippen LogP contribution in [0.4, 0.5) is 0 Å². The SMILES string of the molecule is CCCCCCCC(=O)O[C@@H]1C=C(CO)[C@@](O)(CO)[C@@]2(C)[C@@H](O)CCC(C)(C)[C@H]12. The van der Waals surface area contributed by atoms with Gasteiger partial charge in [0.25, 0.3) is 0 Å². The number of ether oxygens (including phenoxy) is 1. The molecule has 0 aromatic heterocycles. The standard InChI is InChI=1S/C23H40O6/c1-5-6-7-8-9-10-19(27)29-17-13-16(14-24)23(28,15-25)22(4)18(26)11-12-21(2,3)20(17)22/h13,17-18,20,24-26,28H,5-12,14-15H2,1-4H3/t17-,18+,20+,22+,23+/m1/s1. The maximum absolute atomic E-state index is 12.6. The first-order valence-electron chi connectivity index (χ1n) is 11.1. The largest absolute Gasteiger partial charge is 0.458 e. The van der Waals surface area contributed by atoms with Gasteiger partial charge in [0.1, 0.15) is 11.7 Å². The normalized spacial score (nSPS) is 36.3. The molecule has 2 rings (SSSR count). The molecule has 1 saturated carbocycles. The van der Waals surface area contributed by atoms with E-state index in [-0.39, 0.29) is 17.0 Å². The number of fused-ring (bicyclic) bond motifs is 1. The van der Waals surface area contributed by atoms with E-state index in [1.54, 1.807) is 13.0 Å². The minimum Gasteiger partial charge on any atom is -0.458 e. The van der Waals surface area contributed by atoms with Crippen molar-refractivity contribution < 1.29 is 30.0 Å². The van der Waals surface area contributed by atoms with E-state index in [2.05, 4.69) is 6.92 Å². The van der Waals surface area contributed by atoms with Crippen molar-refractivity contribution in [3.63, 3.8) is 0 Å². The molecule has 0 aromatic carbocycles. The quantitative estimate of drug-likeness (QED) is 0.264. The number of hydrogen-bond acceptors (Lipinski definition) is 6. The van der Waals surface area contributed by atoms with Crippen molar-refractivity contribution in [3.8, 4) is 0 Å². The summed E-state index contributed by atoms with van der Waals surface area (Å²) in [4.78, 5) is 12.6. The Morgan fingerprint density at radius 1 is 1.17 bits per heavy atom. The molecule has 0 aliphatic heterocycles. The van der Waals surface area contributed by atoms with E-state index < -0.39 is 42.4 Å². The van der Waals surface area contributed by atoms with Crippen LogP contribution in [0.15, 0.2) is 11.6 Å². The summed E-state index contributed by atoms with van der Waals surface area (Å²) in [6.45, 7) is 6.89. The molecule has 6 heteroatoms. The number of aliphatic hydroxyl groups excluding tert-OH is 3. The highest BCUT2D eigenvalue weighted by Gasteiger charge is 2.67. The lowest BCUT2D eigenvalue weighted by molar-refractivity contribution is -0.237. The highest BCUT2D eigenvalue weighted by molar-refractivity contribution is 5.69. The second kappa shape index (κ2) is 9.46. The zero-order valence-corrected chi connectivity index (χ0v) is 18.5. The van der Waals surface area contributed by atoms with E-state index in [1.807, 2.05) is 13.8 Å². The summed E-state index contributed by atoms with van der Waals surface area (Å²) in [6, 6.07) is 0. The maximum Gasteiger partial charge on any atom is 0.306 e. The van der Waals surface area contributed by atoms with Gasteiger partial charge in [0.05, 0.1) is 19.3 Å². The molecular weight excluding hydrogens is 372 g/mol. The third-order valence-corrected chi connectivity index (χ3v) is 7.51. The van der Waals surface area contributed by atoms with Crippen LogP contribution in [0.2, 0.25) is 0 Å². The van der Waals surface area contributed by atoms with Crippen molar-refractivity contribution in [1.82, 2.24) is 0 Å². The molecule has 29 heavy (non-hydrogen) atoms. The molecule has 2 aliphatic rings. The molecule has 1 fully saturated rings. The van der Waals surface area contributed by atoms with Gasteiger partial charge in [-0.2, -0.15) is 0 Å².